The molecule has 20 heavy (non-hydrogen) atoms. The summed E-state index contributed by atoms with van der Waals surface area (Å²) >= 11 is 0. The first-order valence-electron chi connectivity index (χ1n) is 6.74. The number of phenolic OH excluding ortho intramolecular Hbond substituents is 1. The lowest BCUT2D eigenvalue weighted by molar-refractivity contribution is -0.128. The van der Waals surface area contributed by atoms with E-state index in [2.05, 4.69) is 0 Å². The van der Waals surface area contributed by atoms with Crippen molar-refractivity contribution in [3.8, 4) is 5.75 Å². The third-order valence-corrected chi connectivity index (χ3v) is 4.02. The lowest BCUT2D eigenvalue weighted by atomic mass is 10.1. The van der Waals surface area contributed by atoms with E-state index in [4.69, 9.17) is 0 Å². The van der Waals surface area contributed by atoms with Gasteiger partial charge in [-0.15, -0.1) is 0 Å². The van der Waals surface area contributed by atoms with Crippen LogP contribution in [0, 0.1) is 0 Å². The maximum Gasteiger partial charge on any atom is 0.255 e. The Hall–Kier alpha value is -2.17. The fourth-order valence-corrected chi connectivity index (χ4v) is 2.97. The highest BCUT2D eigenvalue weighted by Gasteiger charge is 2.38. The minimum atomic E-state index is -0.541. The fraction of sp³-hybridized carbons (Fsp3) is 0.400. The monoisotopic (exact) mass is 273 g/mol. The molecule has 1 aromatic carbocycles. The molecule has 0 unspecified atom stereocenters. The van der Waals surface area contributed by atoms with Gasteiger partial charge in [-0.3, -0.25) is 14.4 Å². The molecule has 0 spiro atoms. The van der Waals surface area contributed by atoms with Crippen LogP contribution in [0.4, 0.5) is 0 Å². The number of nitrogens with zero attached hydrogens (tertiary/aromatic N) is 1. The molecule has 5 heteroatoms. The van der Waals surface area contributed by atoms with Crippen LogP contribution in [0.5, 0.6) is 5.75 Å². The third kappa shape index (κ3) is 1.99. The fourth-order valence-electron chi connectivity index (χ4n) is 2.97. The van der Waals surface area contributed by atoms with Crippen molar-refractivity contribution in [2.75, 3.05) is 0 Å². The highest BCUT2D eigenvalue weighted by molar-refractivity contribution is 6.06. The highest BCUT2D eigenvalue weighted by atomic mass is 16.3. The third-order valence-electron chi connectivity index (χ3n) is 4.02. The van der Waals surface area contributed by atoms with E-state index >= 15 is 0 Å². The van der Waals surface area contributed by atoms with Gasteiger partial charge in [0.05, 0.1) is 19.0 Å². The van der Waals surface area contributed by atoms with Gasteiger partial charge < -0.3 is 10.0 Å². The summed E-state index contributed by atoms with van der Waals surface area (Å²) in [4.78, 5) is 37.4. The summed E-state index contributed by atoms with van der Waals surface area (Å²) < 4.78 is 0. The van der Waals surface area contributed by atoms with Crippen molar-refractivity contribution in [2.24, 2.45) is 0 Å². The molecule has 1 atom stereocenters. The van der Waals surface area contributed by atoms with Gasteiger partial charge in [0.2, 0.25) is 0 Å². The second-order valence-corrected chi connectivity index (χ2v) is 5.33. The van der Waals surface area contributed by atoms with Gasteiger partial charge in [-0.25, -0.2) is 0 Å². The highest BCUT2D eigenvalue weighted by Crippen LogP contribution is 2.33. The molecule has 5 nitrogen and oxygen atoms in total. The normalized spacial score (nSPS) is 22.9. The number of Topliss-reactive ketones (excluding diaryl/α,β-unsaturated/α-hetero) is 2. The molecule has 1 heterocycles. The van der Waals surface area contributed by atoms with Gasteiger partial charge >= 0.3 is 0 Å². The molecular formula is C15H15NO4. The van der Waals surface area contributed by atoms with E-state index in [0.717, 1.165) is 0 Å². The first kappa shape index (κ1) is 12.8. The number of fused-ring (bicyclic) bond motifs is 1. The molecule has 1 amide bonds. The van der Waals surface area contributed by atoms with Crippen molar-refractivity contribution < 1.29 is 19.5 Å². The number of ketones is 2. The van der Waals surface area contributed by atoms with Gasteiger partial charge in [0.25, 0.3) is 5.91 Å². The van der Waals surface area contributed by atoms with Gasteiger partial charge in [0, 0.05) is 17.5 Å². The number of carbonyl (C=O) groups is 3. The summed E-state index contributed by atoms with van der Waals surface area (Å²) in [7, 11) is 0. The zero-order chi connectivity index (χ0) is 14.3. The Balaban J connectivity index is 1.90. The van der Waals surface area contributed by atoms with Crippen LogP contribution in [-0.2, 0) is 16.1 Å². The number of hydrogen-bond acceptors (Lipinski definition) is 4. The van der Waals surface area contributed by atoms with E-state index < -0.39 is 6.04 Å². The van der Waals surface area contributed by atoms with E-state index in [9.17, 15) is 19.5 Å². The summed E-state index contributed by atoms with van der Waals surface area (Å²) in [6.07, 6.45) is 1.46. The Morgan fingerprint density at radius 2 is 2.00 bits per heavy atom. The van der Waals surface area contributed by atoms with E-state index in [1.807, 2.05) is 0 Å². The first-order chi connectivity index (χ1) is 9.58. The summed E-state index contributed by atoms with van der Waals surface area (Å²) in [5.41, 5.74) is 1.02. The Kier molecular flexibility index (Phi) is 3.04. The molecule has 104 valence electrons. The van der Waals surface area contributed by atoms with Crippen LogP contribution in [0.1, 0.15) is 41.6 Å². The van der Waals surface area contributed by atoms with Crippen molar-refractivity contribution in [2.45, 2.75) is 38.3 Å². The van der Waals surface area contributed by atoms with E-state index in [-0.39, 0.29) is 36.2 Å². The second-order valence-electron chi connectivity index (χ2n) is 5.33. The Morgan fingerprint density at radius 1 is 1.20 bits per heavy atom. The lowest BCUT2D eigenvalue weighted by Crippen LogP contribution is -2.41. The average molecular weight is 273 g/mol. The van der Waals surface area contributed by atoms with Crippen molar-refractivity contribution >= 4 is 17.5 Å². The molecule has 1 saturated carbocycles. The van der Waals surface area contributed by atoms with E-state index in [1.54, 1.807) is 12.1 Å². The summed E-state index contributed by atoms with van der Waals surface area (Å²) in [5, 5.41) is 9.81. The predicted octanol–water partition coefficient (Wildman–Crippen LogP) is 1.43. The van der Waals surface area contributed by atoms with Crippen molar-refractivity contribution in [1.29, 1.82) is 0 Å². The van der Waals surface area contributed by atoms with Crippen LogP contribution in [0.15, 0.2) is 18.2 Å². The van der Waals surface area contributed by atoms with Gasteiger partial charge in [-0.2, -0.15) is 0 Å². The summed E-state index contributed by atoms with van der Waals surface area (Å²) in [6, 6.07) is 4.27. The zero-order valence-corrected chi connectivity index (χ0v) is 11.0. The van der Waals surface area contributed by atoms with Crippen LogP contribution in [0.25, 0.3) is 0 Å². The molecule has 1 aliphatic carbocycles. The molecule has 0 aromatic heterocycles. The number of carbonyl (C=O) groups excluding carboxylic acids is 3. The maximum atomic E-state index is 12.4. The van der Waals surface area contributed by atoms with Gasteiger partial charge in [0.15, 0.2) is 5.78 Å². The summed E-state index contributed by atoms with van der Waals surface area (Å²) in [6.45, 7) is 0.242. The molecule has 0 saturated heterocycles. The standard InChI is InChI=1S/C15H15NO4/c17-9-3-1-5-12(14(19)7-9)16-8-11-10(15(16)20)4-2-6-13(11)18/h2,4,6,12,18H,1,3,5,7-8H2/t12-/m0/s1. The molecule has 0 radical (unpaired) electrons. The van der Waals surface area contributed by atoms with E-state index in [1.165, 1.54) is 11.0 Å². The van der Waals surface area contributed by atoms with Crippen molar-refractivity contribution in [3.63, 3.8) is 0 Å². The minimum absolute atomic E-state index is 0.0514. The average Bonchev–Trinajstić information content (AvgIpc) is 2.64. The molecule has 3 rings (SSSR count). The van der Waals surface area contributed by atoms with Crippen LogP contribution in [0.3, 0.4) is 0 Å². The van der Waals surface area contributed by atoms with Crippen molar-refractivity contribution in [1.82, 2.24) is 4.90 Å². The largest absolute Gasteiger partial charge is 0.508 e. The number of hydrogen-bond donors (Lipinski definition) is 1. The zero-order valence-electron chi connectivity index (χ0n) is 11.0. The number of phenols is 1. The van der Waals surface area contributed by atoms with Crippen molar-refractivity contribution in [3.05, 3.63) is 29.3 Å². The van der Waals surface area contributed by atoms with Crippen LogP contribution in [0.2, 0.25) is 0 Å². The maximum absolute atomic E-state index is 12.4. The molecule has 0 bridgehead atoms. The topological polar surface area (TPSA) is 74.7 Å². The first-order valence-corrected chi connectivity index (χ1v) is 6.74. The second kappa shape index (κ2) is 4.74. The van der Waals surface area contributed by atoms with Crippen LogP contribution >= 0.6 is 0 Å². The molecular weight excluding hydrogens is 258 g/mol. The van der Waals surface area contributed by atoms with Gasteiger partial charge in [-0.1, -0.05) is 6.07 Å². The smallest absolute Gasteiger partial charge is 0.255 e. The number of aromatic hydroxyl groups is 1. The van der Waals surface area contributed by atoms with Gasteiger partial charge in [-0.05, 0) is 25.0 Å². The minimum Gasteiger partial charge on any atom is -0.508 e. The lowest BCUT2D eigenvalue weighted by Gasteiger charge is -2.25. The Labute approximate surface area is 116 Å². The molecule has 1 fully saturated rings. The number of rotatable bonds is 1. The van der Waals surface area contributed by atoms with Crippen LogP contribution in [-0.4, -0.2) is 33.5 Å². The number of benzene rings is 1. The Bertz CT molecular complexity index is 608. The van der Waals surface area contributed by atoms with Gasteiger partial charge in [0.1, 0.15) is 11.5 Å². The molecule has 1 aliphatic heterocycles. The SMILES string of the molecule is O=C1CCC[C@H](N2Cc3c(O)cccc3C2=O)C(=O)C1. The predicted molar refractivity (Wildman–Crippen MR) is 70.3 cm³/mol. The quantitative estimate of drug-likeness (QED) is 0.620. The Morgan fingerprint density at radius 3 is 2.75 bits per heavy atom. The van der Waals surface area contributed by atoms with E-state index in [0.29, 0.717) is 30.4 Å². The summed E-state index contributed by atoms with van der Waals surface area (Å²) in [5.74, 6) is -0.392. The molecule has 1 N–H and O–H groups in total. The van der Waals surface area contributed by atoms with Crippen LogP contribution < -0.4 is 0 Å². The molecule has 1 aromatic rings. The number of amides is 1. The molecule has 2 aliphatic rings.